The van der Waals surface area contributed by atoms with Gasteiger partial charge in [0.1, 0.15) is 0 Å². The lowest BCUT2D eigenvalue weighted by molar-refractivity contribution is 0.102. The molecule has 1 aromatic carbocycles. The maximum atomic E-state index is 12.2. The predicted molar refractivity (Wildman–Crippen MR) is 78.8 cm³/mol. The third-order valence-corrected chi connectivity index (χ3v) is 3.82. The first-order chi connectivity index (χ1) is 9.63. The topological polar surface area (TPSA) is 71.8 Å². The number of nitrogens with one attached hydrogen (secondary N) is 2. The fourth-order valence-electron chi connectivity index (χ4n) is 1.93. The molecule has 1 saturated heterocycles. The number of hydrogen-bond acceptors (Lipinski definition) is 4. The van der Waals surface area contributed by atoms with Crippen LogP contribution in [0, 0.1) is 6.92 Å². The number of halogens is 1. The molecule has 104 valence electrons. The van der Waals surface area contributed by atoms with Crippen molar-refractivity contribution in [1.82, 2.24) is 20.3 Å². The van der Waals surface area contributed by atoms with Crippen molar-refractivity contribution in [2.45, 2.75) is 13.0 Å². The van der Waals surface area contributed by atoms with Gasteiger partial charge in [0.05, 0.1) is 12.2 Å². The molecule has 1 fully saturated rings. The third-order valence-electron chi connectivity index (χ3n) is 3.32. The number of rotatable bonds is 3. The van der Waals surface area contributed by atoms with Crippen molar-refractivity contribution in [2.75, 3.05) is 18.4 Å². The number of hydrogen-bond donors (Lipinski definition) is 2. The molecule has 1 aliphatic heterocycles. The van der Waals surface area contributed by atoms with Crippen molar-refractivity contribution in [3.8, 4) is 0 Å². The van der Waals surface area contributed by atoms with E-state index in [4.69, 9.17) is 0 Å². The highest BCUT2D eigenvalue weighted by Gasteiger charge is 2.21. The van der Waals surface area contributed by atoms with Crippen LogP contribution in [0.3, 0.4) is 0 Å². The van der Waals surface area contributed by atoms with E-state index in [1.165, 1.54) is 0 Å². The van der Waals surface area contributed by atoms with Crippen LogP contribution in [0.4, 0.5) is 5.69 Å². The number of carbonyl (C=O) groups excluding carboxylic acids is 1. The second-order valence-corrected chi connectivity index (χ2v) is 5.72. The van der Waals surface area contributed by atoms with E-state index >= 15 is 0 Å². The van der Waals surface area contributed by atoms with Crippen LogP contribution in [-0.2, 0) is 0 Å². The zero-order valence-corrected chi connectivity index (χ0v) is 12.5. The standard InChI is InChI=1S/C13H14BrN5O/c1-8-2-3-9(14)4-11(8)16-13(20)12-7-19(18-17-12)10-5-15-6-10/h2-4,7,10,15H,5-6H2,1H3,(H,16,20). The van der Waals surface area contributed by atoms with Crippen molar-refractivity contribution in [2.24, 2.45) is 0 Å². The normalized spacial score (nSPS) is 14.9. The van der Waals surface area contributed by atoms with Crippen molar-refractivity contribution in [3.63, 3.8) is 0 Å². The van der Waals surface area contributed by atoms with E-state index in [1.807, 2.05) is 25.1 Å². The van der Waals surface area contributed by atoms with Crippen molar-refractivity contribution in [3.05, 3.63) is 40.1 Å². The average molecular weight is 336 g/mol. The average Bonchev–Trinajstić information content (AvgIpc) is 2.81. The minimum absolute atomic E-state index is 0.246. The van der Waals surface area contributed by atoms with E-state index in [1.54, 1.807) is 10.9 Å². The van der Waals surface area contributed by atoms with Crippen LogP contribution >= 0.6 is 15.9 Å². The second-order valence-electron chi connectivity index (χ2n) is 4.81. The van der Waals surface area contributed by atoms with E-state index in [0.29, 0.717) is 11.7 Å². The molecule has 0 unspecified atom stereocenters. The molecular formula is C13H14BrN5O. The van der Waals surface area contributed by atoms with Gasteiger partial charge < -0.3 is 10.6 Å². The molecular weight excluding hydrogens is 322 g/mol. The van der Waals surface area contributed by atoms with E-state index in [-0.39, 0.29) is 5.91 Å². The summed E-state index contributed by atoms with van der Waals surface area (Å²) in [5, 5.41) is 13.9. The highest BCUT2D eigenvalue weighted by atomic mass is 79.9. The SMILES string of the molecule is Cc1ccc(Br)cc1NC(=O)c1cn(C2CNC2)nn1. The summed E-state index contributed by atoms with van der Waals surface area (Å²) in [6, 6.07) is 6.05. The van der Waals surface area contributed by atoms with Crippen LogP contribution < -0.4 is 10.6 Å². The smallest absolute Gasteiger partial charge is 0.277 e. The Morgan fingerprint density at radius 3 is 3.00 bits per heavy atom. The summed E-state index contributed by atoms with van der Waals surface area (Å²) < 4.78 is 2.65. The minimum atomic E-state index is -0.246. The Labute approximate surface area is 124 Å². The summed E-state index contributed by atoms with van der Waals surface area (Å²) >= 11 is 3.39. The maximum Gasteiger partial charge on any atom is 0.277 e. The quantitative estimate of drug-likeness (QED) is 0.896. The van der Waals surface area contributed by atoms with Crippen LogP contribution in [0.2, 0.25) is 0 Å². The summed E-state index contributed by atoms with van der Waals surface area (Å²) in [7, 11) is 0. The zero-order chi connectivity index (χ0) is 14.1. The van der Waals surface area contributed by atoms with Crippen molar-refractivity contribution >= 4 is 27.5 Å². The van der Waals surface area contributed by atoms with Gasteiger partial charge in [0, 0.05) is 23.2 Å². The number of nitrogens with zero attached hydrogens (tertiary/aromatic N) is 3. The molecule has 6 nitrogen and oxygen atoms in total. The molecule has 3 rings (SSSR count). The Morgan fingerprint density at radius 2 is 2.30 bits per heavy atom. The molecule has 1 aliphatic rings. The molecule has 1 aromatic heterocycles. The Morgan fingerprint density at radius 1 is 1.50 bits per heavy atom. The molecule has 0 bridgehead atoms. The molecule has 0 aliphatic carbocycles. The summed E-state index contributed by atoms with van der Waals surface area (Å²) in [6.45, 7) is 3.68. The Kier molecular flexibility index (Phi) is 3.54. The number of benzene rings is 1. The van der Waals surface area contributed by atoms with Gasteiger partial charge in [0.25, 0.3) is 5.91 Å². The molecule has 7 heteroatoms. The van der Waals surface area contributed by atoms with Crippen molar-refractivity contribution < 1.29 is 4.79 Å². The number of amides is 1. The first-order valence-corrected chi connectivity index (χ1v) is 7.13. The van der Waals surface area contributed by atoms with Crippen LogP contribution in [0.25, 0.3) is 0 Å². The molecule has 2 aromatic rings. The molecule has 20 heavy (non-hydrogen) atoms. The lowest BCUT2D eigenvalue weighted by atomic mass is 10.2. The molecule has 0 radical (unpaired) electrons. The van der Waals surface area contributed by atoms with Crippen LogP contribution in [0.5, 0.6) is 0 Å². The lowest BCUT2D eigenvalue weighted by Crippen LogP contribution is -2.43. The molecule has 0 atom stereocenters. The monoisotopic (exact) mass is 335 g/mol. The first kappa shape index (κ1) is 13.3. The molecule has 2 heterocycles. The van der Waals surface area contributed by atoms with Gasteiger partial charge in [-0.3, -0.25) is 4.79 Å². The van der Waals surface area contributed by atoms with E-state index in [2.05, 4.69) is 36.9 Å². The van der Waals surface area contributed by atoms with Gasteiger partial charge in [0.15, 0.2) is 5.69 Å². The summed E-state index contributed by atoms with van der Waals surface area (Å²) in [5.74, 6) is -0.246. The van der Waals surface area contributed by atoms with E-state index < -0.39 is 0 Å². The number of carbonyl (C=O) groups is 1. The lowest BCUT2D eigenvalue weighted by Gasteiger charge is -2.26. The summed E-state index contributed by atoms with van der Waals surface area (Å²) in [5.41, 5.74) is 2.10. The van der Waals surface area contributed by atoms with Crippen molar-refractivity contribution in [1.29, 1.82) is 0 Å². The fourth-order valence-corrected chi connectivity index (χ4v) is 2.30. The second kappa shape index (κ2) is 5.34. The van der Waals surface area contributed by atoms with Gasteiger partial charge in [-0.1, -0.05) is 27.2 Å². The van der Waals surface area contributed by atoms with Crippen LogP contribution in [-0.4, -0.2) is 34.0 Å². The highest BCUT2D eigenvalue weighted by molar-refractivity contribution is 9.10. The third kappa shape index (κ3) is 2.59. The van der Waals surface area contributed by atoms with Gasteiger partial charge in [-0.25, -0.2) is 4.68 Å². The Hall–Kier alpha value is -1.73. The predicted octanol–water partition coefficient (Wildman–Crippen LogP) is 1.75. The van der Waals surface area contributed by atoms with E-state index in [9.17, 15) is 4.79 Å². The number of anilines is 1. The van der Waals surface area contributed by atoms with Crippen LogP contribution in [0.1, 0.15) is 22.1 Å². The van der Waals surface area contributed by atoms with Gasteiger partial charge in [-0.15, -0.1) is 5.10 Å². The fraction of sp³-hybridized carbons (Fsp3) is 0.308. The highest BCUT2D eigenvalue weighted by Crippen LogP contribution is 2.21. The Bertz CT molecular complexity index is 650. The molecule has 1 amide bonds. The molecule has 2 N–H and O–H groups in total. The van der Waals surface area contributed by atoms with Crippen LogP contribution in [0.15, 0.2) is 28.9 Å². The van der Waals surface area contributed by atoms with Gasteiger partial charge in [-0.2, -0.15) is 0 Å². The molecule has 0 saturated carbocycles. The largest absolute Gasteiger partial charge is 0.320 e. The number of aryl methyl sites for hydroxylation is 1. The summed E-state index contributed by atoms with van der Waals surface area (Å²) in [6.07, 6.45) is 1.69. The molecule has 0 spiro atoms. The maximum absolute atomic E-state index is 12.2. The zero-order valence-electron chi connectivity index (χ0n) is 10.9. The van der Waals surface area contributed by atoms with Gasteiger partial charge in [0.2, 0.25) is 0 Å². The van der Waals surface area contributed by atoms with Gasteiger partial charge >= 0.3 is 0 Å². The van der Waals surface area contributed by atoms with Gasteiger partial charge in [-0.05, 0) is 24.6 Å². The Balaban J connectivity index is 1.75. The minimum Gasteiger partial charge on any atom is -0.320 e. The number of aromatic nitrogens is 3. The summed E-state index contributed by atoms with van der Waals surface area (Å²) in [4.78, 5) is 12.2. The first-order valence-electron chi connectivity index (χ1n) is 6.33. The van der Waals surface area contributed by atoms with E-state index in [0.717, 1.165) is 28.8 Å².